The van der Waals surface area contributed by atoms with Gasteiger partial charge in [-0.15, -0.1) is 0 Å². The van der Waals surface area contributed by atoms with Crippen LogP contribution in [0.3, 0.4) is 0 Å². The molecule has 21 heavy (non-hydrogen) atoms. The van der Waals surface area contributed by atoms with Crippen molar-refractivity contribution in [2.24, 2.45) is 17.6 Å². The topological polar surface area (TPSA) is 83.6 Å². The molecule has 2 fully saturated rings. The van der Waals surface area contributed by atoms with Crippen LogP contribution in [-0.4, -0.2) is 40.5 Å². The highest BCUT2D eigenvalue weighted by Crippen LogP contribution is 2.42. The summed E-state index contributed by atoms with van der Waals surface area (Å²) in [5.41, 5.74) is 5.63. The largest absolute Gasteiger partial charge is 0.481 e. The van der Waals surface area contributed by atoms with Crippen LogP contribution in [0.4, 0.5) is 0 Å². The Bertz CT molecular complexity index is 380. The highest BCUT2D eigenvalue weighted by molar-refractivity contribution is 5.80. The second-order valence-corrected chi connectivity index (χ2v) is 6.55. The van der Waals surface area contributed by atoms with Gasteiger partial charge < -0.3 is 15.7 Å². The van der Waals surface area contributed by atoms with Crippen molar-refractivity contribution in [3.63, 3.8) is 0 Å². The van der Waals surface area contributed by atoms with Gasteiger partial charge in [-0.05, 0) is 44.6 Å². The Morgan fingerprint density at radius 1 is 1.29 bits per heavy atom. The minimum Gasteiger partial charge on any atom is -0.481 e. The van der Waals surface area contributed by atoms with Gasteiger partial charge >= 0.3 is 5.97 Å². The standard InChI is InChI=1S/C16H28N2O3/c1-2-3-11(8-9-17)4-7-15(19)18-12-5-6-14(18)13(10-12)16(20)21/h11-14H,2-10,17H2,1H3,(H,20,21). The Hall–Kier alpha value is -1.10. The molecule has 1 amide bonds. The Morgan fingerprint density at radius 3 is 2.62 bits per heavy atom. The number of fused-ring (bicyclic) bond motifs is 2. The lowest BCUT2D eigenvalue weighted by Gasteiger charge is -2.24. The molecule has 4 atom stereocenters. The number of aliphatic carboxylic acids is 1. The quantitative estimate of drug-likeness (QED) is 0.717. The number of hydrogen-bond acceptors (Lipinski definition) is 3. The summed E-state index contributed by atoms with van der Waals surface area (Å²) in [4.78, 5) is 25.6. The second-order valence-electron chi connectivity index (χ2n) is 6.55. The van der Waals surface area contributed by atoms with Gasteiger partial charge in [0.15, 0.2) is 0 Å². The average molecular weight is 296 g/mol. The van der Waals surface area contributed by atoms with Crippen LogP contribution in [0.15, 0.2) is 0 Å². The molecule has 0 spiro atoms. The number of carbonyl (C=O) groups excluding carboxylic acids is 1. The Morgan fingerprint density at radius 2 is 2.05 bits per heavy atom. The molecule has 0 aromatic rings. The lowest BCUT2D eigenvalue weighted by atomic mass is 9.89. The van der Waals surface area contributed by atoms with Crippen molar-refractivity contribution in [2.75, 3.05) is 6.54 Å². The predicted octanol–water partition coefficient (Wildman–Crippen LogP) is 2.00. The summed E-state index contributed by atoms with van der Waals surface area (Å²) in [7, 11) is 0. The molecule has 0 saturated carbocycles. The van der Waals surface area contributed by atoms with Crippen molar-refractivity contribution < 1.29 is 14.7 Å². The first kappa shape index (κ1) is 16.3. The Labute approximate surface area is 126 Å². The molecule has 2 saturated heterocycles. The molecule has 120 valence electrons. The van der Waals surface area contributed by atoms with E-state index in [9.17, 15) is 14.7 Å². The molecular formula is C16H28N2O3. The minimum atomic E-state index is -0.744. The number of hydrogen-bond donors (Lipinski definition) is 2. The molecule has 3 N–H and O–H groups in total. The van der Waals surface area contributed by atoms with Crippen molar-refractivity contribution in [1.82, 2.24) is 4.90 Å². The zero-order chi connectivity index (χ0) is 15.4. The van der Waals surface area contributed by atoms with E-state index in [0.29, 0.717) is 25.3 Å². The highest BCUT2D eigenvalue weighted by atomic mass is 16.4. The summed E-state index contributed by atoms with van der Waals surface area (Å²) in [5.74, 6) is -0.404. The average Bonchev–Trinajstić information content (AvgIpc) is 3.02. The third-order valence-electron chi connectivity index (χ3n) is 5.18. The first-order valence-electron chi connectivity index (χ1n) is 8.32. The Balaban J connectivity index is 1.87. The third kappa shape index (κ3) is 3.57. The van der Waals surface area contributed by atoms with Crippen LogP contribution in [0.25, 0.3) is 0 Å². The summed E-state index contributed by atoms with van der Waals surface area (Å²) in [6, 6.07) is 0.113. The molecule has 5 nitrogen and oxygen atoms in total. The van der Waals surface area contributed by atoms with Gasteiger partial charge in [-0.1, -0.05) is 19.8 Å². The zero-order valence-electron chi connectivity index (χ0n) is 13.0. The molecule has 0 radical (unpaired) electrons. The summed E-state index contributed by atoms with van der Waals surface area (Å²) in [5, 5.41) is 9.24. The van der Waals surface area contributed by atoms with Crippen molar-refractivity contribution in [3.05, 3.63) is 0 Å². The molecule has 2 rings (SSSR count). The van der Waals surface area contributed by atoms with E-state index in [0.717, 1.165) is 38.5 Å². The van der Waals surface area contributed by atoms with Crippen molar-refractivity contribution >= 4 is 11.9 Å². The van der Waals surface area contributed by atoms with Crippen LogP contribution in [0.5, 0.6) is 0 Å². The molecule has 2 aliphatic heterocycles. The van der Waals surface area contributed by atoms with Crippen LogP contribution in [0.1, 0.15) is 58.3 Å². The number of amides is 1. The molecule has 4 unspecified atom stereocenters. The minimum absolute atomic E-state index is 0.0564. The van der Waals surface area contributed by atoms with E-state index in [1.165, 1.54) is 0 Å². The van der Waals surface area contributed by atoms with Gasteiger partial charge in [-0.3, -0.25) is 9.59 Å². The fraction of sp³-hybridized carbons (Fsp3) is 0.875. The number of carboxylic acids is 1. The fourth-order valence-electron chi connectivity index (χ4n) is 4.18. The van der Waals surface area contributed by atoms with Gasteiger partial charge in [0.1, 0.15) is 0 Å². The molecule has 0 aromatic heterocycles. The molecule has 2 heterocycles. The summed E-state index contributed by atoms with van der Waals surface area (Å²) in [6.45, 7) is 2.83. The van der Waals surface area contributed by atoms with Crippen LogP contribution in [0, 0.1) is 11.8 Å². The SMILES string of the molecule is CCCC(CCN)CCC(=O)N1C2CCC1C(C(=O)O)C2. The maximum absolute atomic E-state index is 12.5. The number of carboxylic acid groups (broad SMARTS) is 1. The summed E-state index contributed by atoms with van der Waals surface area (Å²) < 4.78 is 0. The number of nitrogens with two attached hydrogens (primary N) is 1. The molecule has 0 aliphatic carbocycles. The normalized spacial score (nSPS) is 28.9. The second kappa shape index (κ2) is 7.25. The van der Waals surface area contributed by atoms with E-state index in [-0.39, 0.29) is 23.9 Å². The third-order valence-corrected chi connectivity index (χ3v) is 5.18. The van der Waals surface area contributed by atoms with E-state index < -0.39 is 5.97 Å². The van der Waals surface area contributed by atoms with Crippen LogP contribution >= 0.6 is 0 Å². The monoisotopic (exact) mass is 296 g/mol. The predicted molar refractivity (Wildman–Crippen MR) is 80.7 cm³/mol. The van der Waals surface area contributed by atoms with Gasteiger partial charge in [0.2, 0.25) is 5.91 Å². The molecule has 0 aromatic carbocycles. The van der Waals surface area contributed by atoms with Crippen LogP contribution < -0.4 is 5.73 Å². The van der Waals surface area contributed by atoms with Gasteiger partial charge in [-0.25, -0.2) is 0 Å². The van der Waals surface area contributed by atoms with E-state index in [1.807, 2.05) is 4.90 Å². The van der Waals surface area contributed by atoms with E-state index in [4.69, 9.17) is 5.73 Å². The first-order chi connectivity index (χ1) is 10.1. The number of rotatable bonds is 8. The lowest BCUT2D eigenvalue weighted by molar-refractivity contribution is -0.143. The van der Waals surface area contributed by atoms with Crippen molar-refractivity contribution in [1.29, 1.82) is 0 Å². The molecule has 2 aliphatic rings. The smallest absolute Gasteiger partial charge is 0.308 e. The Kier molecular flexibility index (Phi) is 5.62. The van der Waals surface area contributed by atoms with Crippen molar-refractivity contribution in [3.8, 4) is 0 Å². The van der Waals surface area contributed by atoms with Crippen LogP contribution in [-0.2, 0) is 9.59 Å². The first-order valence-corrected chi connectivity index (χ1v) is 8.32. The van der Waals surface area contributed by atoms with Crippen molar-refractivity contribution in [2.45, 2.75) is 70.4 Å². The maximum Gasteiger partial charge on any atom is 0.308 e. The van der Waals surface area contributed by atoms with Gasteiger partial charge in [0, 0.05) is 18.5 Å². The molecule has 5 heteroatoms. The lowest BCUT2D eigenvalue weighted by Crippen LogP contribution is -2.38. The highest BCUT2D eigenvalue weighted by Gasteiger charge is 2.50. The maximum atomic E-state index is 12.5. The van der Waals surface area contributed by atoms with E-state index in [2.05, 4.69) is 6.92 Å². The molecular weight excluding hydrogens is 268 g/mol. The van der Waals surface area contributed by atoms with Gasteiger partial charge in [-0.2, -0.15) is 0 Å². The number of nitrogens with zero attached hydrogens (tertiary/aromatic N) is 1. The van der Waals surface area contributed by atoms with E-state index >= 15 is 0 Å². The van der Waals surface area contributed by atoms with Gasteiger partial charge in [0.25, 0.3) is 0 Å². The summed E-state index contributed by atoms with van der Waals surface area (Å²) in [6.07, 6.45) is 7.13. The van der Waals surface area contributed by atoms with E-state index in [1.54, 1.807) is 0 Å². The zero-order valence-corrected chi connectivity index (χ0v) is 13.0. The van der Waals surface area contributed by atoms with Crippen LogP contribution in [0.2, 0.25) is 0 Å². The summed E-state index contributed by atoms with van der Waals surface area (Å²) >= 11 is 0. The molecule has 2 bridgehead atoms. The fourth-order valence-corrected chi connectivity index (χ4v) is 4.18. The van der Waals surface area contributed by atoms with Gasteiger partial charge in [0.05, 0.1) is 5.92 Å². The number of carbonyl (C=O) groups is 2.